The van der Waals surface area contributed by atoms with Crippen LogP contribution in [0.2, 0.25) is 0 Å². The molecule has 18 nitrogen and oxygen atoms in total. The van der Waals surface area contributed by atoms with Crippen molar-refractivity contribution in [3.8, 4) is 11.3 Å². The SMILES string of the molecule is C=CC(=O)N(CO)C(C=C)[C@]1(S)CCN(C(=O)N(C)[C@H](C(=O)NC2([Si])C[C@H]3CN(CCO3)c3ccc4c(c3)c(c(-c3cccnc3[C@H](C)OC)n4CC)CC(C)(C)COC(=O)[C@@H]3CCCN(N3)C2=O)C(C)C)C[C@H]1C. The van der Waals surface area contributed by atoms with Crippen LogP contribution in [0.25, 0.3) is 22.2 Å². The number of esters is 1. The van der Waals surface area contributed by atoms with E-state index in [0.717, 1.165) is 45.2 Å². The van der Waals surface area contributed by atoms with Gasteiger partial charge < -0.3 is 48.8 Å². The number of hydrogen-bond donors (Lipinski definition) is 4. The van der Waals surface area contributed by atoms with E-state index in [9.17, 15) is 24.3 Å². The summed E-state index contributed by atoms with van der Waals surface area (Å²) < 4.78 is 19.9. The van der Waals surface area contributed by atoms with Crippen molar-refractivity contribution in [2.45, 2.75) is 127 Å². The lowest BCUT2D eigenvalue weighted by atomic mass is 9.79. The predicted octanol–water partition coefficient (Wildman–Crippen LogP) is 5.23. The summed E-state index contributed by atoms with van der Waals surface area (Å²) >= 11 is 5.07. The van der Waals surface area contributed by atoms with Gasteiger partial charge in [0, 0.05) is 98.4 Å². The fourth-order valence-electron chi connectivity index (χ4n) is 11.6. The molecule has 0 aliphatic carbocycles. The summed E-state index contributed by atoms with van der Waals surface area (Å²) in [5.41, 5.74) is 8.58. The molecule has 1 aromatic carbocycles. The number of cyclic esters (lactones) is 1. The molecule has 3 aromatic rings. The third-order valence-corrected chi connectivity index (χ3v) is 17.2. The maximum absolute atomic E-state index is 15.2. The quantitative estimate of drug-likeness (QED) is 0.0436. The van der Waals surface area contributed by atoms with Crippen LogP contribution >= 0.6 is 12.6 Å². The fraction of sp³-hybridized carbons (Fsp3) is 0.600. The number of fused-ring (bicyclic) bond motifs is 6. The van der Waals surface area contributed by atoms with Gasteiger partial charge in [-0.25, -0.2) is 10.2 Å². The van der Waals surface area contributed by atoms with Gasteiger partial charge in [-0.1, -0.05) is 47.3 Å². The molecule has 2 unspecified atom stereocenters. The first-order chi connectivity index (χ1) is 35.6. The van der Waals surface area contributed by atoms with E-state index in [1.807, 2.05) is 33.8 Å². The van der Waals surface area contributed by atoms with Gasteiger partial charge in [-0.15, -0.1) is 6.58 Å². The van der Waals surface area contributed by atoms with Crippen LogP contribution in [-0.2, 0) is 46.4 Å². The monoisotopic (exact) mass is 1070 g/mol. The number of hydrazine groups is 1. The Kier molecular flexibility index (Phi) is 18.0. The van der Waals surface area contributed by atoms with Crippen LogP contribution in [0.4, 0.5) is 10.5 Å². The van der Waals surface area contributed by atoms with E-state index in [-0.39, 0.29) is 44.7 Å². The number of nitrogens with zero attached hydrogens (tertiary/aromatic N) is 7. The van der Waals surface area contributed by atoms with E-state index in [4.69, 9.17) is 31.8 Å². The molecule has 407 valence electrons. The van der Waals surface area contributed by atoms with Gasteiger partial charge in [0.15, 0.2) is 0 Å². The van der Waals surface area contributed by atoms with Crippen LogP contribution in [0.15, 0.2) is 61.8 Å². The molecule has 0 saturated carbocycles. The second-order valence-electron chi connectivity index (χ2n) is 21.9. The maximum atomic E-state index is 15.2. The highest BCUT2D eigenvalue weighted by Gasteiger charge is 2.49. The molecule has 0 spiro atoms. The minimum Gasteiger partial charge on any atom is -0.464 e. The number of piperidine rings is 1. The molecule has 75 heavy (non-hydrogen) atoms. The number of aliphatic hydroxyl groups is 1. The summed E-state index contributed by atoms with van der Waals surface area (Å²) in [6, 6.07) is 7.60. The first-order valence-electron chi connectivity index (χ1n) is 26.3. The lowest BCUT2D eigenvalue weighted by molar-refractivity contribution is -0.156. The number of nitrogens with one attached hydrogen (secondary N) is 2. The van der Waals surface area contributed by atoms with Crippen molar-refractivity contribution < 1.29 is 43.3 Å². The minimum atomic E-state index is -1.77. The van der Waals surface area contributed by atoms with Crippen molar-refractivity contribution >= 4 is 69.2 Å². The normalized spacial score (nSPS) is 25.7. The molecular weight excluding hydrogens is 991 g/mol. The van der Waals surface area contributed by atoms with Gasteiger partial charge in [-0.3, -0.25) is 29.2 Å². The number of carbonyl (C=O) groups excluding carboxylic acids is 5. The Morgan fingerprint density at radius 2 is 1.88 bits per heavy atom. The number of carbonyl (C=O) groups is 5. The molecule has 8 atom stereocenters. The number of aryl methyl sites for hydroxylation is 1. The number of urea groups is 1. The number of likely N-dealkylation sites (tertiary alicyclic amines) is 1. The number of amides is 5. The van der Waals surface area contributed by atoms with Crippen LogP contribution in [0.1, 0.15) is 91.5 Å². The number of ether oxygens (including phenoxy) is 3. The highest BCUT2D eigenvalue weighted by Crippen LogP contribution is 2.43. The summed E-state index contributed by atoms with van der Waals surface area (Å²) in [4.78, 5) is 82.9. The predicted molar refractivity (Wildman–Crippen MR) is 293 cm³/mol. The molecule has 3 radical (unpaired) electrons. The largest absolute Gasteiger partial charge is 0.464 e. The summed E-state index contributed by atoms with van der Waals surface area (Å²) in [7, 11) is 7.13. The van der Waals surface area contributed by atoms with Gasteiger partial charge in [0.2, 0.25) is 11.8 Å². The van der Waals surface area contributed by atoms with Gasteiger partial charge >= 0.3 is 12.0 Å². The van der Waals surface area contributed by atoms with Gasteiger partial charge in [0.1, 0.15) is 24.0 Å². The first kappa shape index (κ1) is 57.5. The van der Waals surface area contributed by atoms with E-state index < -0.39 is 81.9 Å². The van der Waals surface area contributed by atoms with Crippen molar-refractivity contribution in [3.05, 3.63) is 73.1 Å². The molecular formula is C55H78N9O9SSi. The molecule has 3 saturated heterocycles. The molecule has 2 aromatic heterocycles. The molecule has 4 aliphatic heterocycles. The molecule has 7 rings (SSSR count). The number of benzene rings is 1. The van der Waals surface area contributed by atoms with Crippen LogP contribution in [0.5, 0.6) is 0 Å². The number of hydrogen-bond acceptors (Lipinski definition) is 13. The molecule has 3 fully saturated rings. The third-order valence-electron chi connectivity index (χ3n) is 15.7. The lowest BCUT2D eigenvalue weighted by Crippen LogP contribution is -2.69. The second kappa shape index (κ2) is 23.6. The molecule has 4 aliphatic rings. The number of aliphatic hydroxyl groups excluding tert-OH is 1. The minimum absolute atomic E-state index is 0.00239. The molecule has 6 bridgehead atoms. The van der Waals surface area contributed by atoms with E-state index in [2.05, 4.69) is 88.6 Å². The number of thiol groups is 1. The number of morpholine rings is 1. The summed E-state index contributed by atoms with van der Waals surface area (Å²) in [6.45, 7) is 23.7. The van der Waals surface area contributed by atoms with Gasteiger partial charge in [0.05, 0.1) is 53.1 Å². The second-order valence-corrected chi connectivity index (χ2v) is 23.5. The highest BCUT2D eigenvalue weighted by molar-refractivity contribution is 7.82. The Labute approximate surface area is 451 Å². The van der Waals surface area contributed by atoms with E-state index in [0.29, 0.717) is 51.9 Å². The van der Waals surface area contributed by atoms with E-state index in [1.54, 1.807) is 31.3 Å². The molecule has 5 amide bonds. The van der Waals surface area contributed by atoms with Crippen LogP contribution < -0.4 is 15.6 Å². The topological polar surface area (TPSA) is 191 Å². The standard InChI is InChI=1S/C55H78N9O9SSi/c1-12-44(63(33-65)45(66)13-2)54(74)21-24-61(30-35(54)6)52(70)59(10)47(34(4)5)49(67)57-55(75)28-38-31-60(25-26-72-38)37-19-20-43-40(27-37)41(48(62(43)14-3)39-17-15-22-56-46(39)36(7)71-11)29-53(8,9)32-73-50(68)42-18-16-23-64(58-42)51(55)69/h12-13,15,17,19-20,22,27,34-36,38,42,44,47,58,65,74H,1-2,14,16,18,21,23-26,28-33H2,3-11H3,(H,57,67)/t35-,36+,38+,42+,44?,47+,54+,55?/m1/s1. The van der Waals surface area contributed by atoms with Crippen molar-refractivity contribution in [2.24, 2.45) is 17.3 Å². The first-order valence-corrected chi connectivity index (χ1v) is 27.2. The zero-order valence-corrected chi connectivity index (χ0v) is 47.2. The third kappa shape index (κ3) is 11.7. The Morgan fingerprint density at radius 3 is 2.53 bits per heavy atom. The summed E-state index contributed by atoms with van der Waals surface area (Å²) in [5.74, 6) is -2.75. The summed E-state index contributed by atoms with van der Waals surface area (Å²) in [6.07, 6.45) is 5.49. The molecule has 20 heteroatoms. The van der Waals surface area contributed by atoms with Crippen molar-refractivity contribution in [1.29, 1.82) is 0 Å². The zero-order chi connectivity index (χ0) is 54.7. The van der Waals surface area contributed by atoms with Crippen LogP contribution in [-0.4, -0.2) is 175 Å². The summed E-state index contributed by atoms with van der Waals surface area (Å²) in [5, 5.41) is 13.9. The Morgan fingerprint density at radius 1 is 1.13 bits per heavy atom. The lowest BCUT2D eigenvalue weighted by Gasteiger charge is -2.50. The van der Waals surface area contributed by atoms with Gasteiger partial charge in [-0.2, -0.15) is 12.6 Å². The van der Waals surface area contributed by atoms with E-state index >= 15 is 4.79 Å². The number of rotatable bonds is 13. The van der Waals surface area contributed by atoms with Crippen LogP contribution in [0, 0.1) is 17.3 Å². The van der Waals surface area contributed by atoms with Crippen molar-refractivity contribution in [2.75, 3.05) is 71.7 Å². The average molecular weight is 1070 g/mol. The maximum Gasteiger partial charge on any atom is 0.324 e. The average Bonchev–Trinajstić information content (AvgIpc) is 3.70. The number of methoxy groups -OCH3 is 1. The molecule has 6 heterocycles. The smallest absolute Gasteiger partial charge is 0.324 e. The Hall–Kier alpha value is -5.25. The van der Waals surface area contributed by atoms with Crippen molar-refractivity contribution in [1.82, 2.24) is 40.0 Å². The van der Waals surface area contributed by atoms with Gasteiger partial charge in [0.25, 0.3) is 5.91 Å². The Balaban J connectivity index is 1.22. The van der Waals surface area contributed by atoms with E-state index in [1.165, 1.54) is 14.8 Å². The molecule has 3 N–H and O–H groups in total. The highest BCUT2D eigenvalue weighted by atomic mass is 32.1. The number of likely N-dealkylation sites (N-methyl/N-ethyl adjacent to an activating group) is 1. The zero-order valence-electron chi connectivity index (χ0n) is 45.3. The van der Waals surface area contributed by atoms with Crippen molar-refractivity contribution in [3.63, 3.8) is 0 Å². The fourth-order valence-corrected chi connectivity index (χ4v) is 12.5. The Bertz CT molecular complexity index is 2630. The number of anilines is 1. The van der Waals surface area contributed by atoms with Crippen LogP contribution in [0.3, 0.4) is 0 Å². The number of pyridine rings is 1. The van der Waals surface area contributed by atoms with Gasteiger partial charge in [-0.05, 0) is 93.3 Å². The number of aromatic nitrogens is 2.